The molecule has 1 atom stereocenters. The van der Waals surface area contributed by atoms with E-state index in [1.54, 1.807) is 0 Å². The topological polar surface area (TPSA) is 26.0 Å². The molecule has 0 fully saturated rings. The summed E-state index contributed by atoms with van der Waals surface area (Å²) in [6.45, 7) is 9.25. The van der Waals surface area contributed by atoms with Crippen molar-refractivity contribution in [2.75, 3.05) is 0 Å². The van der Waals surface area contributed by atoms with Gasteiger partial charge >= 0.3 is 19.5 Å². The number of nitrogens with two attached hydrogens (primary N) is 1. The van der Waals surface area contributed by atoms with Crippen LogP contribution in [0.3, 0.4) is 0 Å². The Morgan fingerprint density at radius 3 is 2.20 bits per heavy atom. The smallest absolute Gasteiger partial charge is 0.368 e. The molecule has 0 aliphatic rings. The van der Waals surface area contributed by atoms with Crippen LogP contribution in [0.4, 0.5) is 0 Å². The molecule has 0 amide bonds. The minimum atomic E-state index is -0.408. The predicted molar refractivity (Wildman–Crippen MR) is 40.2 cm³/mol. The molecule has 1 unspecified atom stereocenters. The van der Waals surface area contributed by atoms with Crippen molar-refractivity contribution in [1.82, 2.24) is 0 Å². The number of terminal acetylenes is 1. The molecule has 2 heteroatoms. The summed E-state index contributed by atoms with van der Waals surface area (Å²) in [5, 5.41) is 0. The predicted octanol–water partition coefficient (Wildman–Crippen LogP) is 1.01. The van der Waals surface area contributed by atoms with Crippen LogP contribution in [0.25, 0.3) is 0 Å². The van der Waals surface area contributed by atoms with Gasteiger partial charge in [0.2, 0.25) is 0 Å². The van der Waals surface area contributed by atoms with Crippen LogP contribution in [-0.2, 0) is 19.5 Å². The fourth-order valence-electron chi connectivity index (χ4n) is 0.364. The average molecular weight is 189 g/mol. The quantitative estimate of drug-likeness (QED) is 0.391. The Morgan fingerprint density at radius 1 is 1.70 bits per heavy atom. The van der Waals surface area contributed by atoms with Crippen molar-refractivity contribution in [3.05, 3.63) is 13.8 Å². The Kier molecular flexibility index (Phi) is 6.24. The summed E-state index contributed by atoms with van der Waals surface area (Å²) < 4.78 is 0. The van der Waals surface area contributed by atoms with Crippen molar-refractivity contribution in [2.45, 2.75) is 18.9 Å². The Morgan fingerprint density at radius 2 is 2.10 bits per heavy atom. The van der Waals surface area contributed by atoms with E-state index in [1.165, 1.54) is 0 Å². The zero-order chi connectivity index (χ0) is 7.49. The number of rotatable bonds is 2. The van der Waals surface area contributed by atoms with Gasteiger partial charge in [-0.3, -0.25) is 5.92 Å². The minimum Gasteiger partial charge on any atom is -0.368 e. The first-order valence-corrected chi connectivity index (χ1v) is 2.89. The first kappa shape index (κ1) is 12.8. The Balaban J connectivity index is 0. The largest absolute Gasteiger partial charge is 2.00 e. The summed E-state index contributed by atoms with van der Waals surface area (Å²) in [7, 11) is 0. The van der Waals surface area contributed by atoms with Crippen molar-refractivity contribution in [3.8, 4) is 12.3 Å². The van der Waals surface area contributed by atoms with Crippen LogP contribution >= 0.6 is 0 Å². The summed E-state index contributed by atoms with van der Waals surface area (Å²) in [5.41, 5.74) is 5.29. The molecule has 0 aromatic heterocycles. The van der Waals surface area contributed by atoms with Gasteiger partial charge in [-0.15, -0.1) is 12.3 Å². The third-order valence-electron chi connectivity index (χ3n) is 1.42. The van der Waals surface area contributed by atoms with E-state index in [4.69, 9.17) is 12.2 Å². The van der Waals surface area contributed by atoms with E-state index < -0.39 is 5.54 Å². The van der Waals surface area contributed by atoms with E-state index in [0.29, 0.717) is 6.42 Å². The van der Waals surface area contributed by atoms with Gasteiger partial charge < -0.3 is 19.6 Å². The standard InChI is InChI=1S/C8H13N.Zn/c1-5-6-8(4,9)7(2)3;/h1,7H,2-3,6,9H2,4H3;/q-2;+2. The molecule has 0 heterocycles. The summed E-state index contributed by atoms with van der Waals surface area (Å²) in [6.07, 6.45) is 5.60. The maximum atomic E-state index is 5.70. The second-order valence-corrected chi connectivity index (χ2v) is 2.58. The van der Waals surface area contributed by atoms with Gasteiger partial charge in [-0.05, 0) is 5.54 Å². The van der Waals surface area contributed by atoms with Gasteiger partial charge in [0.05, 0.1) is 0 Å². The third kappa shape index (κ3) is 4.04. The van der Waals surface area contributed by atoms with Gasteiger partial charge in [0.15, 0.2) is 0 Å². The molecule has 1 nitrogen and oxygen atoms in total. The van der Waals surface area contributed by atoms with Crippen LogP contribution in [0.5, 0.6) is 0 Å². The minimum absolute atomic E-state index is 0. The zero-order valence-corrected chi connectivity index (χ0v) is 9.53. The molecule has 52 valence electrons. The van der Waals surface area contributed by atoms with E-state index in [0.717, 1.165) is 0 Å². The van der Waals surface area contributed by atoms with Crippen molar-refractivity contribution in [1.29, 1.82) is 0 Å². The van der Waals surface area contributed by atoms with E-state index in [2.05, 4.69) is 19.8 Å². The van der Waals surface area contributed by atoms with Gasteiger partial charge in [0.1, 0.15) is 0 Å². The van der Waals surface area contributed by atoms with Crippen molar-refractivity contribution in [3.63, 3.8) is 0 Å². The van der Waals surface area contributed by atoms with Gasteiger partial charge in [0.25, 0.3) is 0 Å². The summed E-state index contributed by atoms with van der Waals surface area (Å²) in [5.74, 6) is 2.44. The van der Waals surface area contributed by atoms with Crippen LogP contribution in [0.2, 0.25) is 0 Å². The Labute approximate surface area is 76.5 Å². The fraction of sp³-hybridized carbons (Fsp3) is 0.500. The zero-order valence-electron chi connectivity index (χ0n) is 6.56. The summed E-state index contributed by atoms with van der Waals surface area (Å²) >= 11 is 0. The first-order valence-electron chi connectivity index (χ1n) is 2.89. The first-order chi connectivity index (χ1) is 4.00. The van der Waals surface area contributed by atoms with E-state index in [-0.39, 0.29) is 25.4 Å². The molecule has 0 aliphatic carbocycles. The molecule has 10 heavy (non-hydrogen) atoms. The van der Waals surface area contributed by atoms with Crippen molar-refractivity contribution < 1.29 is 19.5 Å². The Bertz CT molecular complexity index is 122. The van der Waals surface area contributed by atoms with Crippen LogP contribution in [0.1, 0.15) is 13.3 Å². The van der Waals surface area contributed by atoms with Gasteiger partial charge in [-0.25, -0.2) is 0 Å². The number of hydrogen-bond acceptors (Lipinski definition) is 1. The van der Waals surface area contributed by atoms with E-state index in [9.17, 15) is 0 Å². The monoisotopic (exact) mass is 187 g/mol. The summed E-state index contributed by atoms with van der Waals surface area (Å²) in [6, 6.07) is 0. The molecule has 0 bridgehead atoms. The SMILES string of the molecule is C#CCC(C)(N)C([CH2-])[CH2-].[Zn+2]. The number of hydrogen-bond donors (Lipinski definition) is 1. The van der Waals surface area contributed by atoms with Crippen LogP contribution in [0.15, 0.2) is 0 Å². The third-order valence-corrected chi connectivity index (χ3v) is 1.42. The summed E-state index contributed by atoms with van der Waals surface area (Å²) in [4.78, 5) is 0. The molecule has 0 radical (unpaired) electrons. The second-order valence-electron chi connectivity index (χ2n) is 2.58. The van der Waals surface area contributed by atoms with Crippen LogP contribution < -0.4 is 5.73 Å². The molecule has 0 aromatic rings. The molecule has 0 aliphatic heterocycles. The maximum absolute atomic E-state index is 5.70. The molecule has 0 saturated carbocycles. The molecular formula is C8H13NZn. The van der Waals surface area contributed by atoms with Crippen molar-refractivity contribution >= 4 is 0 Å². The normalized spacial score (nSPS) is 15.2. The van der Waals surface area contributed by atoms with Gasteiger partial charge in [0, 0.05) is 6.42 Å². The molecule has 0 rings (SSSR count). The van der Waals surface area contributed by atoms with Gasteiger partial charge in [-0.2, -0.15) is 0 Å². The fourth-order valence-corrected chi connectivity index (χ4v) is 0.364. The second kappa shape index (κ2) is 4.88. The molecule has 0 spiro atoms. The Hall–Kier alpha value is 0.143. The van der Waals surface area contributed by atoms with E-state index >= 15 is 0 Å². The van der Waals surface area contributed by atoms with Crippen LogP contribution in [0, 0.1) is 32.1 Å². The molecule has 0 aromatic carbocycles. The average Bonchev–Trinajstić information content (AvgIpc) is 1.65. The maximum Gasteiger partial charge on any atom is 2.00 e. The van der Waals surface area contributed by atoms with E-state index in [1.807, 2.05) is 6.92 Å². The van der Waals surface area contributed by atoms with Crippen molar-refractivity contribution in [2.24, 2.45) is 11.7 Å². The molecule has 0 saturated heterocycles. The molecule has 2 N–H and O–H groups in total. The molecular weight excluding hydrogens is 175 g/mol. The van der Waals surface area contributed by atoms with Crippen LogP contribution in [-0.4, -0.2) is 5.54 Å². The van der Waals surface area contributed by atoms with Gasteiger partial charge in [-0.1, -0.05) is 6.92 Å².